The molecule has 0 saturated heterocycles. The van der Waals surface area contributed by atoms with E-state index in [0.717, 1.165) is 38.5 Å². The topological polar surface area (TPSA) is 75.4 Å². The average molecular weight is 256 g/mol. The maximum Gasteiger partial charge on any atom is 0.220 e. The standard InChI is InChI=1S/C14H28N2O2/c1-11(8-9-15)2-7-14(18)16-13-5-3-12(10-17)4-6-13/h11-13,17H,2-10,15H2,1H3,(H,16,18). The molecule has 1 rings (SSSR count). The highest BCUT2D eigenvalue weighted by Crippen LogP contribution is 2.23. The largest absolute Gasteiger partial charge is 0.396 e. The molecule has 0 spiro atoms. The number of aliphatic hydroxyl groups is 1. The normalized spacial score (nSPS) is 25.7. The fourth-order valence-electron chi connectivity index (χ4n) is 2.60. The van der Waals surface area contributed by atoms with Gasteiger partial charge in [-0.05, 0) is 56.9 Å². The van der Waals surface area contributed by atoms with Crippen LogP contribution in [0.4, 0.5) is 0 Å². The molecule has 18 heavy (non-hydrogen) atoms. The molecule has 0 aromatic carbocycles. The van der Waals surface area contributed by atoms with Crippen LogP contribution in [0.5, 0.6) is 0 Å². The number of hydrogen-bond donors (Lipinski definition) is 3. The van der Waals surface area contributed by atoms with Crippen LogP contribution in [0.15, 0.2) is 0 Å². The molecule has 1 unspecified atom stereocenters. The highest BCUT2D eigenvalue weighted by Gasteiger charge is 2.21. The number of amides is 1. The lowest BCUT2D eigenvalue weighted by Crippen LogP contribution is -2.38. The molecule has 106 valence electrons. The van der Waals surface area contributed by atoms with Gasteiger partial charge in [-0.1, -0.05) is 6.92 Å². The number of rotatable bonds is 7. The van der Waals surface area contributed by atoms with Crippen molar-refractivity contribution >= 4 is 5.91 Å². The summed E-state index contributed by atoms with van der Waals surface area (Å²) >= 11 is 0. The average Bonchev–Trinajstić information content (AvgIpc) is 2.38. The van der Waals surface area contributed by atoms with Crippen molar-refractivity contribution in [1.29, 1.82) is 0 Å². The van der Waals surface area contributed by atoms with E-state index in [1.54, 1.807) is 0 Å². The van der Waals surface area contributed by atoms with Crippen molar-refractivity contribution in [2.75, 3.05) is 13.2 Å². The van der Waals surface area contributed by atoms with Crippen LogP contribution in [-0.2, 0) is 4.79 Å². The van der Waals surface area contributed by atoms with Crippen molar-refractivity contribution in [3.63, 3.8) is 0 Å². The lowest BCUT2D eigenvalue weighted by atomic mass is 9.86. The molecule has 1 amide bonds. The number of aliphatic hydroxyl groups excluding tert-OH is 1. The van der Waals surface area contributed by atoms with Gasteiger partial charge >= 0.3 is 0 Å². The second-order valence-corrected chi connectivity index (χ2v) is 5.69. The summed E-state index contributed by atoms with van der Waals surface area (Å²) < 4.78 is 0. The number of hydrogen-bond acceptors (Lipinski definition) is 3. The summed E-state index contributed by atoms with van der Waals surface area (Å²) in [4.78, 5) is 11.8. The molecule has 0 radical (unpaired) electrons. The Morgan fingerprint density at radius 1 is 1.33 bits per heavy atom. The van der Waals surface area contributed by atoms with Crippen LogP contribution in [0.25, 0.3) is 0 Å². The Morgan fingerprint density at radius 3 is 2.56 bits per heavy atom. The molecular formula is C14H28N2O2. The van der Waals surface area contributed by atoms with E-state index in [4.69, 9.17) is 10.8 Å². The molecule has 1 aliphatic carbocycles. The summed E-state index contributed by atoms with van der Waals surface area (Å²) in [6.45, 7) is 3.14. The van der Waals surface area contributed by atoms with E-state index in [1.165, 1.54) is 0 Å². The molecule has 4 heteroatoms. The second-order valence-electron chi connectivity index (χ2n) is 5.69. The second kappa shape index (κ2) is 8.48. The van der Waals surface area contributed by atoms with Gasteiger partial charge in [-0.2, -0.15) is 0 Å². The van der Waals surface area contributed by atoms with Gasteiger partial charge in [0.25, 0.3) is 0 Å². The third-order valence-corrected chi connectivity index (χ3v) is 3.99. The third-order valence-electron chi connectivity index (χ3n) is 3.99. The van der Waals surface area contributed by atoms with Gasteiger partial charge in [-0.25, -0.2) is 0 Å². The zero-order valence-corrected chi connectivity index (χ0v) is 11.5. The predicted octanol–water partition coefficient (Wildman–Crippen LogP) is 1.42. The van der Waals surface area contributed by atoms with E-state index in [0.29, 0.717) is 30.8 Å². The summed E-state index contributed by atoms with van der Waals surface area (Å²) in [5.41, 5.74) is 5.49. The van der Waals surface area contributed by atoms with Gasteiger partial charge in [0.05, 0.1) is 0 Å². The molecule has 0 aromatic heterocycles. The van der Waals surface area contributed by atoms with Crippen LogP contribution >= 0.6 is 0 Å². The number of nitrogens with two attached hydrogens (primary N) is 1. The van der Waals surface area contributed by atoms with Crippen molar-refractivity contribution < 1.29 is 9.90 Å². The molecule has 0 bridgehead atoms. The van der Waals surface area contributed by atoms with Crippen LogP contribution < -0.4 is 11.1 Å². The molecule has 0 aromatic rings. The predicted molar refractivity (Wildman–Crippen MR) is 73.0 cm³/mol. The summed E-state index contributed by atoms with van der Waals surface area (Å²) in [5.74, 6) is 1.15. The van der Waals surface area contributed by atoms with E-state index in [-0.39, 0.29) is 12.5 Å². The Kier molecular flexibility index (Phi) is 7.28. The highest BCUT2D eigenvalue weighted by molar-refractivity contribution is 5.76. The Hall–Kier alpha value is -0.610. The molecule has 4 nitrogen and oxygen atoms in total. The summed E-state index contributed by atoms with van der Waals surface area (Å²) in [6.07, 6.45) is 6.62. The summed E-state index contributed by atoms with van der Waals surface area (Å²) in [6, 6.07) is 0.324. The highest BCUT2D eigenvalue weighted by atomic mass is 16.3. The van der Waals surface area contributed by atoms with Crippen molar-refractivity contribution in [2.24, 2.45) is 17.6 Å². The Labute approximate surface area is 110 Å². The van der Waals surface area contributed by atoms with Crippen molar-refractivity contribution in [2.45, 2.75) is 57.9 Å². The molecule has 0 heterocycles. The lowest BCUT2D eigenvalue weighted by Gasteiger charge is -2.28. The first-order valence-electron chi connectivity index (χ1n) is 7.26. The summed E-state index contributed by atoms with van der Waals surface area (Å²) in [7, 11) is 0. The quantitative estimate of drug-likeness (QED) is 0.645. The maximum atomic E-state index is 11.8. The van der Waals surface area contributed by atoms with Gasteiger partial charge in [0, 0.05) is 19.1 Å². The Balaban J connectivity index is 2.13. The molecule has 1 aliphatic rings. The molecule has 1 fully saturated rings. The molecule has 0 aliphatic heterocycles. The summed E-state index contributed by atoms with van der Waals surface area (Å²) in [5, 5.41) is 12.2. The van der Waals surface area contributed by atoms with Crippen LogP contribution in [0.3, 0.4) is 0 Å². The first kappa shape index (κ1) is 15.4. The van der Waals surface area contributed by atoms with Crippen LogP contribution in [-0.4, -0.2) is 30.2 Å². The molecule has 1 saturated carbocycles. The van der Waals surface area contributed by atoms with Gasteiger partial charge in [0.15, 0.2) is 0 Å². The van der Waals surface area contributed by atoms with Crippen molar-refractivity contribution in [1.82, 2.24) is 5.32 Å². The fraction of sp³-hybridized carbons (Fsp3) is 0.929. The number of carbonyl (C=O) groups is 1. The van der Waals surface area contributed by atoms with E-state index in [1.807, 2.05) is 0 Å². The molecule has 1 atom stereocenters. The lowest BCUT2D eigenvalue weighted by molar-refractivity contribution is -0.122. The third kappa shape index (κ3) is 5.83. The van der Waals surface area contributed by atoms with Crippen molar-refractivity contribution in [3.05, 3.63) is 0 Å². The fourth-order valence-corrected chi connectivity index (χ4v) is 2.60. The maximum absolute atomic E-state index is 11.8. The Bertz CT molecular complexity index is 238. The SMILES string of the molecule is CC(CCN)CCC(=O)NC1CCC(CO)CC1. The van der Waals surface area contributed by atoms with Crippen LogP contribution in [0.1, 0.15) is 51.9 Å². The first-order valence-corrected chi connectivity index (χ1v) is 7.26. The zero-order valence-electron chi connectivity index (χ0n) is 11.5. The Morgan fingerprint density at radius 2 is 2.00 bits per heavy atom. The minimum absolute atomic E-state index is 0.173. The molecular weight excluding hydrogens is 228 g/mol. The smallest absolute Gasteiger partial charge is 0.220 e. The first-order chi connectivity index (χ1) is 8.65. The van der Waals surface area contributed by atoms with Gasteiger partial charge in [-0.15, -0.1) is 0 Å². The number of carbonyl (C=O) groups excluding carboxylic acids is 1. The zero-order chi connectivity index (χ0) is 13.4. The minimum atomic E-state index is 0.173. The van der Waals surface area contributed by atoms with Crippen LogP contribution in [0, 0.1) is 11.8 Å². The van der Waals surface area contributed by atoms with E-state index in [2.05, 4.69) is 12.2 Å². The van der Waals surface area contributed by atoms with E-state index >= 15 is 0 Å². The van der Waals surface area contributed by atoms with E-state index < -0.39 is 0 Å². The number of nitrogens with one attached hydrogen (secondary N) is 1. The van der Waals surface area contributed by atoms with Crippen LogP contribution in [0.2, 0.25) is 0 Å². The monoisotopic (exact) mass is 256 g/mol. The van der Waals surface area contributed by atoms with Gasteiger partial charge in [-0.3, -0.25) is 4.79 Å². The van der Waals surface area contributed by atoms with Gasteiger partial charge in [0.1, 0.15) is 0 Å². The van der Waals surface area contributed by atoms with E-state index in [9.17, 15) is 4.79 Å². The minimum Gasteiger partial charge on any atom is -0.396 e. The van der Waals surface area contributed by atoms with Gasteiger partial charge in [0.2, 0.25) is 5.91 Å². The van der Waals surface area contributed by atoms with Crippen molar-refractivity contribution in [3.8, 4) is 0 Å². The van der Waals surface area contributed by atoms with Gasteiger partial charge < -0.3 is 16.2 Å². The molecule has 4 N–H and O–H groups in total.